The zero-order valence-electron chi connectivity index (χ0n) is 11.5. The maximum atomic E-state index is 5.53. The van der Waals surface area contributed by atoms with E-state index in [1.54, 1.807) is 0 Å². The summed E-state index contributed by atoms with van der Waals surface area (Å²) < 4.78 is 21.4. The summed E-state index contributed by atoms with van der Waals surface area (Å²) in [6.07, 6.45) is 0. The van der Waals surface area contributed by atoms with Gasteiger partial charge in [0.2, 0.25) is 0 Å². The third-order valence-electron chi connectivity index (χ3n) is 2.27. The van der Waals surface area contributed by atoms with Gasteiger partial charge in [-0.15, -0.1) is 0 Å². The topological polar surface area (TPSA) is 62.9 Å². The summed E-state index contributed by atoms with van der Waals surface area (Å²) in [5, 5.41) is 0. The average Bonchev–Trinajstić information content (AvgIpc) is 2.44. The molecular formula is C14H23NO4. The highest BCUT2D eigenvalue weighted by Crippen LogP contribution is 2.17. The maximum Gasteiger partial charge on any atom is 0.119 e. The molecule has 0 radical (unpaired) electrons. The number of rotatable bonds is 11. The molecule has 0 saturated heterocycles. The number of hydrogen-bond acceptors (Lipinski definition) is 5. The Morgan fingerprint density at radius 2 is 1.32 bits per heavy atom. The normalized spacial score (nSPS) is 10.4. The van der Waals surface area contributed by atoms with E-state index in [0.717, 1.165) is 11.5 Å². The Hall–Kier alpha value is -1.30. The molecule has 0 fully saturated rings. The van der Waals surface area contributed by atoms with Crippen LogP contribution in [0.5, 0.6) is 11.5 Å². The largest absolute Gasteiger partial charge is 0.494 e. The van der Waals surface area contributed by atoms with E-state index in [0.29, 0.717) is 46.2 Å². The Balaban J connectivity index is 2.02. The van der Waals surface area contributed by atoms with Crippen molar-refractivity contribution in [2.24, 2.45) is 5.73 Å². The van der Waals surface area contributed by atoms with Gasteiger partial charge in [-0.2, -0.15) is 0 Å². The predicted octanol–water partition coefficient (Wildman–Crippen LogP) is 1.46. The van der Waals surface area contributed by atoms with Crippen LogP contribution in [0.3, 0.4) is 0 Å². The quantitative estimate of drug-likeness (QED) is 0.616. The Kier molecular flexibility index (Phi) is 8.80. The molecule has 0 aliphatic rings. The van der Waals surface area contributed by atoms with E-state index in [4.69, 9.17) is 24.7 Å². The lowest BCUT2D eigenvalue weighted by Crippen LogP contribution is -2.14. The van der Waals surface area contributed by atoms with Gasteiger partial charge in [-0.05, 0) is 31.2 Å². The molecule has 0 aliphatic heterocycles. The molecule has 0 heterocycles. The van der Waals surface area contributed by atoms with Crippen molar-refractivity contribution < 1.29 is 18.9 Å². The van der Waals surface area contributed by atoms with Crippen molar-refractivity contribution >= 4 is 0 Å². The van der Waals surface area contributed by atoms with Gasteiger partial charge < -0.3 is 24.7 Å². The smallest absolute Gasteiger partial charge is 0.119 e. The summed E-state index contributed by atoms with van der Waals surface area (Å²) in [5.74, 6) is 1.66. The molecule has 0 aliphatic carbocycles. The van der Waals surface area contributed by atoms with Crippen LogP contribution >= 0.6 is 0 Å². The van der Waals surface area contributed by atoms with Crippen LogP contribution in [-0.2, 0) is 9.47 Å². The second-order valence-electron chi connectivity index (χ2n) is 3.77. The van der Waals surface area contributed by atoms with Gasteiger partial charge in [0.05, 0.1) is 33.0 Å². The summed E-state index contributed by atoms with van der Waals surface area (Å²) in [7, 11) is 0. The fourth-order valence-corrected chi connectivity index (χ4v) is 1.42. The fourth-order valence-electron chi connectivity index (χ4n) is 1.42. The first kappa shape index (κ1) is 15.8. The second-order valence-corrected chi connectivity index (χ2v) is 3.77. The SMILES string of the molecule is CCOc1ccc(OCCOCCOCCN)cc1. The molecule has 0 bridgehead atoms. The van der Waals surface area contributed by atoms with Crippen molar-refractivity contribution in [2.45, 2.75) is 6.92 Å². The number of nitrogens with two attached hydrogens (primary N) is 1. The van der Waals surface area contributed by atoms with Crippen LogP contribution in [0, 0.1) is 0 Å². The average molecular weight is 269 g/mol. The molecule has 1 aromatic rings. The van der Waals surface area contributed by atoms with Gasteiger partial charge in [-0.3, -0.25) is 0 Å². The summed E-state index contributed by atoms with van der Waals surface area (Å²) in [4.78, 5) is 0. The highest BCUT2D eigenvalue weighted by molar-refractivity contribution is 5.31. The summed E-state index contributed by atoms with van der Waals surface area (Å²) in [5.41, 5.74) is 5.29. The number of benzene rings is 1. The molecule has 5 heteroatoms. The van der Waals surface area contributed by atoms with Gasteiger partial charge in [-0.25, -0.2) is 0 Å². The monoisotopic (exact) mass is 269 g/mol. The van der Waals surface area contributed by atoms with Crippen LogP contribution in [0.25, 0.3) is 0 Å². The molecule has 2 N–H and O–H groups in total. The fraction of sp³-hybridized carbons (Fsp3) is 0.571. The maximum absolute atomic E-state index is 5.53. The Bertz CT molecular complexity index is 316. The molecule has 0 unspecified atom stereocenters. The summed E-state index contributed by atoms with van der Waals surface area (Å²) in [6.45, 7) is 5.93. The molecule has 0 spiro atoms. The van der Waals surface area contributed by atoms with E-state index < -0.39 is 0 Å². The van der Waals surface area contributed by atoms with Crippen molar-refractivity contribution in [3.8, 4) is 11.5 Å². The molecule has 1 aromatic carbocycles. The van der Waals surface area contributed by atoms with Crippen molar-refractivity contribution in [3.63, 3.8) is 0 Å². The van der Waals surface area contributed by atoms with Crippen LogP contribution in [0.4, 0.5) is 0 Å². The van der Waals surface area contributed by atoms with Gasteiger partial charge in [0.15, 0.2) is 0 Å². The van der Waals surface area contributed by atoms with Gasteiger partial charge in [0.1, 0.15) is 18.1 Å². The first-order chi connectivity index (χ1) is 9.36. The van der Waals surface area contributed by atoms with Crippen molar-refractivity contribution in [1.82, 2.24) is 0 Å². The predicted molar refractivity (Wildman–Crippen MR) is 73.8 cm³/mol. The standard InChI is InChI=1S/C14H23NO4/c1-2-18-13-3-5-14(6-4-13)19-12-11-17-10-9-16-8-7-15/h3-6H,2,7-12,15H2,1H3. The third-order valence-corrected chi connectivity index (χ3v) is 2.27. The Morgan fingerprint density at radius 3 is 1.89 bits per heavy atom. The molecule has 0 atom stereocenters. The molecular weight excluding hydrogens is 246 g/mol. The van der Waals surface area contributed by atoms with Gasteiger partial charge in [-0.1, -0.05) is 0 Å². The Morgan fingerprint density at radius 1 is 0.789 bits per heavy atom. The van der Waals surface area contributed by atoms with E-state index in [9.17, 15) is 0 Å². The van der Waals surface area contributed by atoms with Gasteiger partial charge >= 0.3 is 0 Å². The lowest BCUT2D eigenvalue weighted by molar-refractivity contribution is 0.0388. The molecule has 108 valence electrons. The van der Waals surface area contributed by atoms with Crippen LogP contribution in [0.2, 0.25) is 0 Å². The number of ether oxygens (including phenoxy) is 4. The third kappa shape index (κ3) is 7.66. The summed E-state index contributed by atoms with van der Waals surface area (Å²) >= 11 is 0. The molecule has 19 heavy (non-hydrogen) atoms. The minimum atomic E-state index is 0.519. The Labute approximate surface area is 114 Å². The molecule has 0 amide bonds. The minimum absolute atomic E-state index is 0.519. The van der Waals surface area contributed by atoms with E-state index in [-0.39, 0.29) is 0 Å². The van der Waals surface area contributed by atoms with Crippen molar-refractivity contribution in [2.75, 3.05) is 46.2 Å². The van der Waals surface area contributed by atoms with Crippen LogP contribution < -0.4 is 15.2 Å². The zero-order chi connectivity index (χ0) is 13.8. The summed E-state index contributed by atoms with van der Waals surface area (Å²) in [6, 6.07) is 7.55. The van der Waals surface area contributed by atoms with E-state index in [1.807, 2.05) is 31.2 Å². The van der Waals surface area contributed by atoms with Crippen LogP contribution in [-0.4, -0.2) is 46.2 Å². The molecule has 1 rings (SSSR count). The van der Waals surface area contributed by atoms with E-state index in [1.165, 1.54) is 0 Å². The molecule has 0 saturated carbocycles. The highest BCUT2D eigenvalue weighted by Gasteiger charge is 1.96. The zero-order valence-corrected chi connectivity index (χ0v) is 11.5. The molecule has 5 nitrogen and oxygen atoms in total. The van der Waals surface area contributed by atoms with Crippen molar-refractivity contribution in [3.05, 3.63) is 24.3 Å². The van der Waals surface area contributed by atoms with Crippen molar-refractivity contribution in [1.29, 1.82) is 0 Å². The lowest BCUT2D eigenvalue weighted by Gasteiger charge is -2.08. The first-order valence-corrected chi connectivity index (χ1v) is 6.58. The minimum Gasteiger partial charge on any atom is -0.494 e. The highest BCUT2D eigenvalue weighted by atomic mass is 16.5. The van der Waals surface area contributed by atoms with Gasteiger partial charge in [0.25, 0.3) is 0 Å². The van der Waals surface area contributed by atoms with Crippen LogP contribution in [0.15, 0.2) is 24.3 Å². The lowest BCUT2D eigenvalue weighted by atomic mass is 10.3. The second kappa shape index (κ2) is 10.6. The number of hydrogen-bond donors (Lipinski definition) is 1. The van der Waals surface area contributed by atoms with Gasteiger partial charge in [0, 0.05) is 6.54 Å². The van der Waals surface area contributed by atoms with E-state index in [2.05, 4.69) is 0 Å². The first-order valence-electron chi connectivity index (χ1n) is 6.58. The van der Waals surface area contributed by atoms with E-state index >= 15 is 0 Å². The molecule has 0 aromatic heterocycles. The van der Waals surface area contributed by atoms with Crippen LogP contribution in [0.1, 0.15) is 6.92 Å².